The molecule has 1 aromatic heterocycles. The first kappa shape index (κ1) is 13.6. The van der Waals surface area contributed by atoms with Crippen molar-refractivity contribution in [3.05, 3.63) is 48.5 Å². The number of hydrogen-bond donors (Lipinski definition) is 1. The molecule has 0 aliphatic heterocycles. The number of para-hydroxylation sites is 1. The lowest BCUT2D eigenvalue weighted by Crippen LogP contribution is -2.30. The predicted octanol–water partition coefficient (Wildman–Crippen LogP) is 3.22. The number of amides is 1. The summed E-state index contributed by atoms with van der Waals surface area (Å²) in [6.45, 7) is 1.63. The fourth-order valence-corrected chi connectivity index (χ4v) is 2.91. The van der Waals surface area contributed by atoms with Crippen LogP contribution in [0.4, 0.5) is 0 Å². The summed E-state index contributed by atoms with van der Waals surface area (Å²) in [5, 5.41) is 0.964. The van der Waals surface area contributed by atoms with Crippen molar-refractivity contribution in [2.75, 3.05) is 0 Å². The number of rotatable bonds is 4. The van der Waals surface area contributed by atoms with Gasteiger partial charge in [-0.05, 0) is 43.3 Å². The number of nitrogens with two attached hydrogens (primary N) is 1. The average Bonchev–Trinajstić information content (AvgIpc) is 2.91. The number of carbonyl (C=O) groups excluding carboxylic acids is 1. The second-order valence-corrected chi connectivity index (χ2v) is 5.70. The lowest BCUT2D eigenvalue weighted by Gasteiger charge is -2.11. The molecule has 0 saturated carbocycles. The minimum absolute atomic E-state index is 0.481. The first-order chi connectivity index (χ1) is 10.1. The van der Waals surface area contributed by atoms with E-state index in [1.54, 1.807) is 18.3 Å². The van der Waals surface area contributed by atoms with Gasteiger partial charge in [-0.15, -0.1) is 11.3 Å². The Morgan fingerprint density at radius 2 is 1.90 bits per heavy atom. The Morgan fingerprint density at radius 1 is 1.19 bits per heavy atom. The van der Waals surface area contributed by atoms with Crippen molar-refractivity contribution in [2.24, 2.45) is 5.73 Å². The molecule has 21 heavy (non-hydrogen) atoms. The molecule has 2 aromatic carbocycles. The van der Waals surface area contributed by atoms with Crippen molar-refractivity contribution in [2.45, 2.75) is 13.0 Å². The van der Waals surface area contributed by atoms with Gasteiger partial charge in [-0.1, -0.05) is 12.1 Å². The maximum absolute atomic E-state index is 11.0. The van der Waals surface area contributed by atoms with Crippen LogP contribution in [0.5, 0.6) is 5.75 Å². The number of hydrogen-bond acceptors (Lipinski definition) is 4. The number of fused-ring (bicyclic) bond motifs is 1. The standard InChI is InChI=1S/C16H14N2O2S/c1-10(15(17)19)20-12-8-6-11(7-9-12)16-18-13-4-2-3-5-14(13)21-16/h2-10H,1H3,(H2,17,19)/t10-/m1/s1. The fourth-order valence-electron chi connectivity index (χ4n) is 1.93. The van der Waals surface area contributed by atoms with Gasteiger partial charge in [0.15, 0.2) is 6.10 Å². The van der Waals surface area contributed by atoms with Crippen LogP contribution in [0.2, 0.25) is 0 Å². The summed E-state index contributed by atoms with van der Waals surface area (Å²) in [5.74, 6) is 0.136. The molecule has 0 aliphatic rings. The van der Waals surface area contributed by atoms with Gasteiger partial charge < -0.3 is 10.5 Å². The normalized spacial score (nSPS) is 12.2. The van der Waals surface area contributed by atoms with Crippen LogP contribution in [0.3, 0.4) is 0 Å². The fraction of sp³-hybridized carbons (Fsp3) is 0.125. The first-order valence-corrected chi connectivity index (χ1v) is 7.37. The number of ether oxygens (including phenoxy) is 1. The largest absolute Gasteiger partial charge is 0.481 e. The highest BCUT2D eigenvalue weighted by molar-refractivity contribution is 7.21. The van der Waals surface area contributed by atoms with E-state index < -0.39 is 12.0 Å². The molecule has 2 N–H and O–H groups in total. The summed E-state index contributed by atoms with van der Waals surface area (Å²) in [7, 11) is 0. The van der Waals surface area contributed by atoms with Crippen LogP contribution in [0.15, 0.2) is 48.5 Å². The maximum Gasteiger partial charge on any atom is 0.258 e. The number of nitrogens with zero attached hydrogens (tertiary/aromatic N) is 1. The number of aromatic nitrogens is 1. The average molecular weight is 298 g/mol. The van der Waals surface area contributed by atoms with Gasteiger partial charge in [0.2, 0.25) is 0 Å². The Labute approximate surface area is 126 Å². The van der Waals surface area contributed by atoms with Crippen molar-refractivity contribution in [1.29, 1.82) is 0 Å². The molecule has 0 radical (unpaired) electrons. The second kappa shape index (κ2) is 5.54. The van der Waals surface area contributed by atoms with Crippen molar-refractivity contribution in [1.82, 2.24) is 4.98 Å². The summed E-state index contributed by atoms with van der Waals surface area (Å²) in [4.78, 5) is 15.6. The van der Waals surface area contributed by atoms with Crippen molar-refractivity contribution < 1.29 is 9.53 Å². The third kappa shape index (κ3) is 2.87. The number of primary amides is 1. The molecule has 0 unspecified atom stereocenters. The third-order valence-corrected chi connectivity index (χ3v) is 4.19. The predicted molar refractivity (Wildman–Crippen MR) is 84.3 cm³/mol. The van der Waals surface area contributed by atoms with E-state index in [1.807, 2.05) is 42.5 Å². The van der Waals surface area contributed by atoms with E-state index in [4.69, 9.17) is 10.5 Å². The Kier molecular flexibility index (Phi) is 3.58. The monoisotopic (exact) mass is 298 g/mol. The van der Waals surface area contributed by atoms with E-state index in [-0.39, 0.29) is 0 Å². The molecule has 106 valence electrons. The number of thiazole rings is 1. The Hall–Kier alpha value is -2.40. The lowest BCUT2D eigenvalue weighted by atomic mass is 10.2. The SMILES string of the molecule is C[C@@H](Oc1ccc(-c2nc3ccccc3s2)cc1)C(N)=O. The minimum Gasteiger partial charge on any atom is -0.481 e. The molecule has 5 heteroatoms. The lowest BCUT2D eigenvalue weighted by molar-refractivity contribution is -0.123. The molecule has 1 heterocycles. The maximum atomic E-state index is 11.0. The zero-order chi connectivity index (χ0) is 14.8. The molecule has 3 aromatic rings. The van der Waals surface area contributed by atoms with Crippen molar-refractivity contribution >= 4 is 27.5 Å². The Morgan fingerprint density at radius 3 is 2.57 bits per heavy atom. The van der Waals surface area contributed by atoms with E-state index >= 15 is 0 Å². The number of benzene rings is 2. The van der Waals surface area contributed by atoms with Gasteiger partial charge in [0.05, 0.1) is 10.2 Å². The molecule has 0 saturated heterocycles. The van der Waals surface area contributed by atoms with Gasteiger partial charge in [0.25, 0.3) is 5.91 Å². The Balaban J connectivity index is 1.85. The van der Waals surface area contributed by atoms with Gasteiger partial charge >= 0.3 is 0 Å². The van der Waals surface area contributed by atoms with Crippen molar-refractivity contribution in [3.63, 3.8) is 0 Å². The zero-order valence-electron chi connectivity index (χ0n) is 11.4. The van der Waals surface area contributed by atoms with Gasteiger partial charge in [-0.2, -0.15) is 0 Å². The summed E-state index contributed by atoms with van der Waals surface area (Å²) in [6, 6.07) is 15.5. The van der Waals surface area contributed by atoms with Crippen LogP contribution < -0.4 is 10.5 Å². The van der Waals surface area contributed by atoms with E-state index in [1.165, 1.54) is 0 Å². The molecule has 4 nitrogen and oxygen atoms in total. The smallest absolute Gasteiger partial charge is 0.258 e. The van der Waals surface area contributed by atoms with E-state index in [0.29, 0.717) is 5.75 Å². The molecule has 0 bridgehead atoms. The molecular weight excluding hydrogens is 284 g/mol. The summed E-state index contributed by atoms with van der Waals surface area (Å²) >= 11 is 1.65. The topological polar surface area (TPSA) is 65.2 Å². The molecule has 0 fully saturated rings. The van der Waals surface area contributed by atoms with Crippen LogP contribution in [-0.2, 0) is 4.79 Å². The Bertz CT molecular complexity index is 747. The summed E-state index contributed by atoms with van der Waals surface area (Å²) in [6.07, 6.45) is -0.640. The third-order valence-electron chi connectivity index (χ3n) is 3.11. The van der Waals surface area contributed by atoms with Crippen molar-refractivity contribution in [3.8, 4) is 16.3 Å². The minimum atomic E-state index is -0.640. The van der Waals surface area contributed by atoms with Crippen LogP contribution in [-0.4, -0.2) is 17.0 Å². The molecule has 1 atom stereocenters. The van der Waals surface area contributed by atoms with Crippen LogP contribution in [0, 0.1) is 0 Å². The molecule has 0 spiro atoms. The highest BCUT2D eigenvalue weighted by Gasteiger charge is 2.11. The van der Waals surface area contributed by atoms with Gasteiger partial charge in [-0.3, -0.25) is 4.79 Å². The van der Waals surface area contributed by atoms with Gasteiger partial charge in [-0.25, -0.2) is 4.98 Å². The molecular formula is C16H14N2O2S. The van der Waals surface area contributed by atoms with Crippen LogP contribution in [0.1, 0.15) is 6.92 Å². The summed E-state index contributed by atoms with van der Waals surface area (Å²) in [5.41, 5.74) is 7.20. The van der Waals surface area contributed by atoms with E-state index in [2.05, 4.69) is 11.1 Å². The van der Waals surface area contributed by atoms with Crippen LogP contribution in [0.25, 0.3) is 20.8 Å². The number of carbonyl (C=O) groups is 1. The highest BCUT2D eigenvalue weighted by Crippen LogP contribution is 2.30. The van der Waals surface area contributed by atoms with Gasteiger partial charge in [0.1, 0.15) is 10.8 Å². The van der Waals surface area contributed by atoms with E-state index in [0.717, 1.165) is 20.8 Å². The van der Waals surface area contributed by atoms with E-state index in [9.17, 15) is 4.79 Å². The first-order valence-electron chi connectivity index (χ1n) is 6.55. The second-order valence-electron chi connectivity index (χ2n) is 4.67. The van der Waals surface area contributed by atoms with Crippen LogP contribution >= 0.6 is 11.3 Å². The van der Waals surface area contributed by atoms with Gasteiger partial charge in [0, 0.05) is 5.56 Å². The highest BCUT2D eigenvalue weighted by atomic mass is 32.1. The molecule has 3 rings (SSSR count). The molecule has 1 amide bonds. The summed E-state index contributed by atoms with van der Waals surface area (Å²) < 4.78 is 6.60. The zero-order valence-corrected chi connectivity index (χ0v) is 12.3. The quantitative estimate of drug-likeness (QED) is 0.804. The molecule has 0 aliphatic carbocycles.